The maximum Gasteiger partial charge on any atom is 0.268 e. The smallest absolute Gasteiger partial charge is 0.268 e. The van der Waals surface area contributed by atoms with Crippen molar-refractivity contribution in [3.63, 3.8) is 0 Å². The molecule has 1 saturated carbocycles. The average molecular weight is 456 g/mol. The molecule has 6 nitrogen and oxygen atoms in total. The molecule has 2 heterocycles. The van der Waals surface area contributed by atoms with Crippen molar-refractivity contribution < 1.29 is 17.6 Å². The normalized spacial score (nSPS) is 18.5. The molecular weight excluding hydrogens is 429 g/mol. The van der Waals surface area contributed by atoms with Crippen LogP contribution in [0.3, 0.4) is 0 Å². The number of carbonyl (C=O) groups excluding carboxylic acids is 1. The molecule has 0 atom stereocenters. The number of aromatic nitrogens is 1. The Morgan fingerprint density at radius 3 is 2.28 bits per heavy atom. The van der Waals surface area contributed by atoms with Crippen LogP contribution in [0.15, 0.2) is 59.6 Å². The van der Waals surface area contributed by atoms with Crippen LogP contribution in [0, 0.1) is 5.82 Å². The lowest BCUT2D eigenvalue weighted by molar-refractivity contribution is 0.0573. The van der Waals surface area contributed by atoms with E-state index in [-0.39, 0.29) is 10.8 Å². The Hall–Kier alpha value is -2.71. The van der Waals surface area contributed by atoms with E-state index in [9.17, 15) is 17.6 Å². The highest BCUT2D eigenvalue weighted by atomic mass is 32.2. The molecule has 1 aliphatic carbocycles. The fourth-order valence-electron chi connectivity index (χ4n) is 4.92. The summed E-state index contributed by atoms with van der Waals surface area (Å²) in [4.78, 5) is 17.5. The zero-order chi connectivity index (χ0) is 22.3. The first-order valence-corrected chi connectivity index (χ1v) is 12.5. The molecule has 0 unspecified atom stereocenters. The van der Waals surface area contributed by atoms with Crippen molar-refractivity contribution in [3.05, 3.63) is 66.1 Å². The first-order chi connectivity index (χ1) is 15.4. The number of hydrogen-bond donors (Lipinski definition) is 0. The summed E-state index contributed by atoms with van der Waals surface area (Å²) in [6, 6.07) is 12.2. The van der Waals surface area contributed by atoms with Crippen molar-refractivity contribution in [2.24, 2.45) is 0 Å². The van der Waals surface area contributed by atoms with Gasteiger partial charge < -0.3 is 4.90 Å². The van der Waals surface area contributed by atoms with E-state index >= 15 is 0 Å². The van der Waals surface area contributed by atoms with Crippen LogP contribution >= 0.6 is 0 Å². The monoisotopic (exact) mass is 455 g/mol. The summed E-state index contributed by atoms with van der Waals surface area (Å²) >= 11 is 0. The van der Waals surface area contributed by atoms with Gasteiger partial charge in [0.15, 0.2) is 0 Å². The Morgan fingerprint density at radius 1 is 0.906 bits per heavy atom. The Morgan fingerprint density at radius 2 is 1.59 bits per heavy atom. The molecule has 2 fully saturated rings. The Bertz CT molecular complexity index is 1240. The molecule has 5 rings (SSSR count). The average Bonchev–Trinajstić information content (AvgIpc) is 3.49. The molecule has 0 bridgehead atoms. The molecule has 168 valence electrons. The number of halogens is 1. The van der Waals surface area contributed by atoms with Crippen LogP contribution < -0.4 is 0 Å². The topological polar surface area (TPSA) is 62.6 Å². The molecule has 1 saturated heterocycles. The third-order valence-corrected chi connectivity index (χ3v) is 8.42. The van der Waals surface area contributed by atoms with E-state index in [4.69, 9.17) is 0 Å². The van der Waals surface area contributed by atoms with E-state index in [1.54, 1.807) is 24.3 Å². The van der Waals surface area contributed by atoms with Gasteiger partial charge >= 0.3 is 0 Å². The molecule has 1 aliphatic heterocycles. The molecule has 3 aromatic rings. The summed E-state index contributed by atoms with van der Waals surface area (Å²) in [5.74, 6) is -0.513. The Kier molecular flexibility index (Phi) is 5.51. The van der Waals surface area contributed by atoms with Gasteiger partial charge in [0.1, 0.15) is 5.82 Å². The minimum Gasteiger partial charge on any atom is -0.336 e. The number of rotatable bonds is 4. The van der Waals surface area contributed by atoms with Crippen molar-refractivity contribution in [1.82, 2.24) is 13.8 Å². The summed E-state index contributed by atoms with van der Waals surface area (Å²) in [7, 11) is -3.86. The van der Waals surface area contributed by atoms with E-state index in [0.29, 0.717) is 35.6 Å². The maximum absolute atomic E-state index is 13.2. The third kappa shape index (κ3) is 3.82. The number of nitrogens with zero attached hydrogens (tertiary/aromatic N) is 3. The van der Waals surface area contributed by atoms with E-state index < -0.39 is 15.8 Å². The van der Waals surface area contributed by atoms with Gasteiger partial charge in [-0.15, -0.1) is 0 Å². The molecule has 0 N–H and O–H groups in total. The van der Waals surface area contributed by atoms with Crippen LogP contribution in [0.4, 0.5) is 4.39 Å². The van der Waals surface area contributed by atoms with Gasteiger partial charge in [0.25, 0.3) is 15.9 Å². The van der Waals surface area contributed by atoms with Gasteiger partial charge in [0.2, 0.25) is 0 Å². The second-order valence-corrected chi connectivity index (χ2v) is 10.4. The summed E-state index contributed by atoms with van der Waals surface area (Å²) in [6.45, 7) is 3.25. The van der Waals surface area contributed by atoms with Crippen molar-refractivity contribution in [2.75, 3.05) is 26.2 Å². The van der Waals surface area contributed by atoms with Crippen LogP contribution in [-0.4, -0.2) is 60.3 Å². The van der Waals surface area contributed by atoms with Gasteiger partial charge in [0.05, 0.1) is 10.4 Å². The molecule has 0 radical (unpaired) electrons. The second kappa shape index (κ2) is 8.33. The zero-order valence-corrected chi connectivity index (χ0v) is 18.6. The van der Waals surface area contributed by atoms with Gasteiger partial charge in [-0.25, -0.2) is 16.8 Å². The SMILES string of the molecule is O=C(c1ccc2c(ccn2S(=O)(=O)c2ccc(F)cc2)c1)N1CCN(C2CCCC2)CC1. The van der Waals surface area contributed by atoms with Crippen LogP contribution in [0.2, 0.25) is 0 Å². The first kappa shape index (κ1) is 21.2. The molecule has 8 heteroatoms. The van der Waals surface area contributed by atoms with E-state index in [0.717, 1.165) is 25.2 Å². The van der Waals surface area contributed by atoms with E-state index in [1.807, 2.05) is 4.90 Å². The largest absolute Gasteiger partial charge is 0.336 e. The van der Waals surface area contributed by atoms with Gasteiger partial charge in [-0.1, -0.05) is 12.8 Å². The number of carbonyl (C=O) groups is 1. The standard InChI is InChI=1S/C24H26FN3O3S/c25-20-6-8-22(9-7-20)32(30,31)28-12-11-18-17-19(5-10-23(18)28)24(29)27-15-13-26(14-16-27)21-3-1-2-4-21/h5-12,17,21H,1-4,13-16H2. The summed E-state index contributed by atoms with van der Waals surface area (Å²) in [6.07, 6.45) is 6.61. The molecular formula is C24H26FN3O3S. The molecule has 32 heavy (non-hydrogen) atoms. The van der Waals surface area contributed by atoms with Crippen molar-refractivity contribution >= 4 is 26.8 Å². The molecule has 1 amide bonds. The Balaban J connectivity index is 1.35. The first-order valence-electron chi connectivity index (χ1n) is 11.1. The van der Waals surface area contributed by atoms with Crippen LogP contribution in [-0.2, 0) is 10.0 Å². The molecule has 2 aliphatic rings. The van der Waals surface area contributed by atoms with Crippen molar-refractivity contribution in [3.8, 4) is 0 Å². The van der Waals surface area contributed by atoms with Crippen LogP contribution in [0.1, 0.15) is 36.0 Å². The highest BCUT2D eigenvalue weighted by molar-refractivity contribution is 7.90. The second-order valence-electron chi connectivity index (χ2n) is 8.61. The molecule has 0 spiro atoms. The lowest BCUT2D eigenvalue weighted by Crippen LogP contribution is -2.51. The van der Waals surface area contributed by atoms with Gasteiger partial charge in [-0.05, 0) is 61.4 Å². The molecule has 2 aromatic carbocycles. The lowest BCUT2D eigenvalue weighted by Gasteiger charge is -2.38. The fourth-order valence-corrected chi connectivity index (χ4v) is 6.28. The zero-order valence-electron chi connectivity index (χ0n) is 17.8. The lowest BCUT2D eigenvalue weighted by atomic mass is 10.1. The number of amides is 1. The van der Waals surface area contributed by atoms with E-state index in [1.165, 1.54) is 48.0 Å². The Labute approximate surface area is 187 Å². The maximum atomic E-state index is 13.2. The summed E-state index contributed by atoms with van der Waals surface area (Å²) < 4.78 is 40.3. The predicted molar refractivity (Wildman–Crippen MR) is 121 cm³/mol. The van der Waals surface area contributed by atoms with Crippen LogP contribution in [0.5, 0.6) is 0 Å². The van der Waals surface area contributed by atoms with Crippen molar-refractivity contribution in [1.29, 1.82) is 0 Å². The number of fused-ring (bicyclic) bond motifs is 1. The minimum absolute atomic E-state index is 0.0108. The summed E-state index contributed by atoms with van der Waals surface area (Å²) in [5, 5.41) is 0.672. The minimum atomic E-state index is -3.86. The highest BCUT2D eigenvalue weighted by Crippen LogP contribution is 2.26. The van der Waals surface area contributed by atoms with Crippen LogP contribution in [0.25, 0.3) is 10.9 Å². The predicted octanol–water partition coefficient (Wildman–Crippen LogP) is 3.72. The van der Waals surface area contributed by atoms with Gasteiger partial charge in [-0.2, -0.15) is 0 Å². The quantitative estimate of drug-likeness (QED) is 0.602. The fraction of sp³-hybridized carbons (Fsp3) is 0.375. The molecule has 1 aromatic heterocycles. The van der Waals surface area contributed by atoms with Crippen molar-refractivity contribution in [2.45, 2.75) is 36.6 Å². The number of piperazine rings is 1. The summed E-state index contributed by atoms with van der Waals surface area (Å²) in [5.41, 5.74) is 1.04. The highest BCUT2D eigenvalue weighted by Gasteiger charge is 2.28. The van der Waals surface area contributed by atoms with Gasteiger partial charge in [0, 0.05) is 49.4 Å². The number of hydrogen-bond acceptors (Lipinski definition) is 4. The third-order valence-electron chi connectivity index (χ3n) is 6.71. The number of benzene rings is 2. The van der Waals surface area contributed by atoms with Gasteiger partial charge in [-0.3, -0.25) is 9.69 Å². The van der Waals surface area contributed by atoms with E-state index in [2.05, 4.69) is 4.90 Å².